The van der Waals surface area contributed by atoms with Gasteiger partial charge in [-0.25, -0.2) is 0 Å². The van der Waals surface area contributed by atoms with Gasteiger partial charge < -0.3 is 4.74 Å². The number of benzene rings is 1. The number of rotatable bonds is 3. The molecule has 1 aliphatic rings. The van der Waals surface area contributed by atoms with Gasteiger partial charge in [0, 0.05) is 5.33 Å². The van der Waals surface area contributed by atoms with E-state index in [9.17, 15) is 0 Å². The lowest BCUT2D eigenvalue weighted by Crippen LogP contribution is -2.14. The summed E-state index contributed by atoms with van der Waals surface area (Å²) in [5, 5.41) is 1.12. The molecule has 0 unspecified atom stereocenters. The number of aryl methyl sites for hydroxylation is 1. The fourth-order valence-electron chi connectivity index (χ4n) is 2.34. The average Bonchev–Trinajstić information content (AvgIpc) is 2.28. The zero-order valence-corrected chi connectivity index (χ0v) is 10.7. The van der Waals surface area contributed by atoms with Crippen molar-refractivity contribution in [3.8, 4) is 5.75 Å². The van der Waals surface area contributed by atoms with Crippen LogP contribution in [0, 0.1) is 5.92 Å². The Labute approximate surface area is 100.0 Å². The van der Waals surface area contributed by atoms with Crippen LogP contribution in [0.4, 0.5) is 0 Å². The summed E-state index contributed by atoms with van der Waals surface area (Å²) in [4.78, 5) is 0. The standard InChI is InChI=1S/C13H17BrO/c1-15-13-5-4-11-3-2-10(6-7-14)8-12(11)9-13/h4-5,9-10H,2-3,6-8H2,1H3/t10-/m0/s1. The Bertz CT molecular complexity index is 335. The highest BCUT2D eigenvalue weighted by Gasteiger charge is 2.18. The second-order valence-corrected chi connectivity index (χ2v) is 5.01. The van der Waals surface area contributed by atoms with Crippen molar-refractivity contribution in [3.63, 3.8) is 0 Å². The molecule has 0 spiro atoms. The van der Waals surface area contributed by atoms with Gasteiger partial charge >= 0.3 is 0 Å². The number of halogens is 1. The third-order valence-corrected chi connectivity index (χ3v) is 3.72. The second-order valence-electron chi connectivity index (χ2n) is 4.22. The summed E-state index contributed by atoms with van der Waals surface area (Å²) in [6.45, 7) is 0. The first kappa shape index (κ1) is 11.0. The summed E-state index contributed by atoms with van der Waals surface area (Å²) < 4.78 is 5.27. The monoisotopic (exact) mass is 268 g/mol. The zero-order chi connectivity index (χ0) is 10.7. The molecule has 82 valence electrons. The lowest BCUT2D eigenvalue weighted by molar-refractivity contribution is 0.409. The fraction of sp³-hybridized carbons (Fsp3) is 0.538. The van der Waals surface area contributed by atoms with Gasteiger partial charge in [0.1, 0.15) is 5.75 Å². The summed E-state index contributed by atoms with van der Waals surface area (Å²) in [6.07, 6.45) is 5.08. The molecule has 15 heavy (non-hydrogen) atoms. The van der Waals surface area contributed by atoms with Crippen molar-refractivity contribution < 1.29 is 4.74 Å². The predicted molar refractivity (Wildman–Crippen MR) is 66.9 cm³/mol. The summed E-state index contributed by atoms with van der Waals surface area (Å²) in [7, 11) is 1.74. The Kier molecular flexibility index (Phi) is 3.68. The van der Waals surface area contributed by atoms with Crippen LogP contribution >= 0.6 is 15.9 Å². The maximum Gasteiger partial charge on any atom is 0.119 e. The summed E-state index contributed by atoms with van der Waals surface area (Å²) in [5.74, 6) is 1.84. The average molecular weight is 269 g/mol. The van der Waals surface area contributed by atoms with Crippen LogP contribution < -0.4 is 4.74 Å². The second kappa shape index (κ2) is 5.02. The van der Waals surface area contributed by atoms with Crippen LogP contribution in [-0.2, 0) is 12.8 Å². The molecule has 0 saturated carbocycles. The SMILES string of the molecule is COc1ccc2c(c1)C[C@H](CCBr)CC2. The highest BCUT2D eigenvalue weighted by molar-refractivity contribution is 9.09. The van der Waals surface area contributed by atoms with E-state index in [1.54, 1.807) is 7.11 Å². The van der Waals surface area contributed by atoms with Gasteiger partial charge in [-0.05, 0) is 54.9 Å². The highest BCUT2D eigenvalue weighted by atomic mass is 79.9. The van der Waals surface area contributed by atoms with Crippen LogP contribution in [0.1, 0.15) is 24.0 Å². The molecule has 2 rings (SSSR count). The van der Waals surface area contributed by atoms with Crippen molar-refractivity contribution in [1.82, 2.24) is 0 Å². The van der Waals surface area contributed by atoms with Crippen molar-refractivity contribution in [2.45, 2.75) is 25.7 Å². The van der Waals surface area contributed by atoms with E-state index in [0.717, 1.165) is 17.0 Å². The molecule has 0 saturated heterocycles. The van der Waals surface area contributed by atoms with E-state index in [1.807, 2.05) is 0 Å². The van der Waals surface area contributed by atoms with Gasteiger partial charge in [-0.1, -0.05) is 22.0 Å². The summed E-state index contributed by atoms with van der Waals surface area (Å²) >= 11 is 3.53. The van der Waals surface area contributed by atoms with Crippen LogP contribution in [0.3, 0.4) is 0 Å². The zero-order valence-electron chi connectivity index (χ0n) is 9.13. The van der Waals surface area contributed by atoms with Crippen LogP contribution in [0.15, 0.2) is 18.2 Å². The minimum atomic E-state index is 0.851. The van der Waals surface area contributed by atoms with Crippen LogP contribution in [0.5, 0.6) is 5.75 Å². The third-order valence-electron chi connectivity index (χ3n) is 3.26. The van der Waals surface area contributed by atoms with E-state index in [4.69, 9.17) is 4.74 Å². The molecular formula is C13H17BrO. The minimum Gasteiger partial charge on any atom is -0.497 e. The van der Waals surface area contributed by atoms with E-state index >= 15 is 0 Å². The Morgan fingerprint density at radius 3 is 3.00 bits per heavy atom. The smallest absolute Gasteiger partial charge is 0.119 e. The summed E-state index contributed by atoms with van der Waals surface area (Å²) in [5.41, 5.74) is 3.01. The van der Waals surface area contributed by atoms with Crippen molar-refractivity contribution in [2.24, 2.45) is 5.92 Å². The predicted octanol–water partition coefficient (Wildman–Crippen LogP) is 3.59. The molecule has 0 radical (unpaired) electrons. The van der Waals surface area contributed by atoms with Gasteiger partial charge in [-0.2, -0.15) is 0 Å². The molecule has 0 aromatic heterocycles. The van der Waals surface area contributed by atoms with E-state index in [0.29, 0.717) is 0 Å². The molecule has 0 amide bonds. The molecule has 1 aromatic carbocycles. The first-order chi connectivity index (χ1) is 7.33. The van der Waals surface area contributed by atoms with E-state index in [2.05, 4.69) is 34.1 Å². The van der Waals surface area contributed by atoms with E-state index in [1.165, 1.54) is 36.8 Å². The van der Waals surface area contributed by atoms with Gasteiger partial charge in [0.25, 0.3) is 0 Å². The summed E-state index contributed by atoms with van der Waals surface area (Å²) in [6, 6.07) is 6.50. The minimum absolute atomic E-state index is 0.851. The molecule has 0 heterocycles. The van der Waals surface area contributed by atoms with Crippen LogP contribution in [-0.4, -0.2) is 12.4 Å². The fourth-order valence-corrected chi connectivity index (χ4v) is 2.98. The van der Waals surface area contributed by atoms with Crippen LogP contribution in [0.2, 0.25) is 0 Å². The number of hydrogen-bond donors (Lipinski definition) is 0. The van der Waals surface area contributed by atoms with Crippen molar-refractivity contribution in [1.29, 1.82) is 0 Å². The topological polar surface area (TPSA) is 9.23 Å². The lowest BCUT2D eigenvalue weighted by Gasteiger charge is -2.24. The van der Waals surface area contributed by atoms with Crippen molar-refractivity contribution in [3.05, 3.63) is 29.3 Å². The lowest BCUT2D eigenvalue weighted by atomic mass is 9.82. The van der Waals surface area contributed by atoms with E-state index in [-0.39, 0.29) is 0 Å². The molecule has 1 aromatic rings. The molecule has 1 atom stereocenters. The van der Waals surface area contributed by atoms with Gasteiger partial charge in [-0.3, -0.25) is 0 Å². The number of hydrogen-bond acceptors (Lipinski definition) is 1. The van der Waals surface area contributed by atoms with Gasteiger partial charge in [0.2, 0.25) is 0 Å². The van der Waals surface area contributed by atoms with Gasteiger partial charge in [-0.15, -0.1) is 0 Å². The van der Waals surface area contributed by atoms with Gasteiger partial charge in [0.05, 0.1) is 7.11 Å². The Balaban J connectivity index is 2.16. The molecule has 0 aliphatic heterocycles. The molecule has 2 heteroatoms. The third kappa shape index (κ3) is 2.54. The number of alkyl halides is 1. The maximum absolute atomic E-state index is 5.27. The molecule has 0 bridgehead atoms. The van der Waals surface area contributed by atoms with Crippen LogP contribution in [0.25, 0.3) is 0 Å². The number of methoxy groups -OCH3 is 1. The first-order valence-corrected chi connectivity index (χ1v) is 6.67. The maximum atomic E-state index is 5.27. The van der Waals surface area contributed by atoms with E-state index < -0.39 is 0 Å². The normalized spacial score (nSPS) is 19.7. The molecular weight excluding hydrogens is 252 g/mol. The number of ether oxygens (including phenoxy) is 1. The Morgan fingerprint density at radius 1 is 1.40 bits per heavy atom. The number of fused-ring (bicyclic) bond motifs is 1. The molecule has 0 N–H and O–H groups in total. The largest absolute Gasteiger partial charge is 0.497 e. The molecule has 1 nitrogen and oxygen atoms in total. The Hall–Kier alpha value is -0.500. The van der Waals surface area contributed by atoms with Crippen molar-refractivity contribution >= 4 is 15.9 Å². The Morgan fingerprint density at radius 2 is 2.27 bits per heavy atom. The highest BCUT2D eigenvalue weighted by Crippen LogP contribution is 2.30. The molecule has 0 fully saturated rings. The quantitative estimate of drug-likeness (QED) is 0.762. The molecule has 1 aliphatic carbocycles. The van der Waals surface area contributed by atoms with Crippen molar-refractivity contribution in [2.75, 3.05) is 12.4 Å². The van der Waals surface area contributed by atoms with Gasteiger partial charge in [0.15, 0.2) is 0 Å². The first-order valence-electron chi connectivity index (χ1n) is 5.55.